The van der Waals surface area contributed by atoms with Crippen molar-refractivity contribution in [2.24, 2.45) is 0 Å². The minimum atomic E-state index is -1.63. The molecule has 1 unspecified atom stereocenters. The van der Waals surface area contributed by atoms with Crippen LogP contribution in [0.25, 0.3) is 0 Å². The Kier molecular flexibility index (Phi) is 2.90. The number of ketones is 1. The van der Waals surface area contributed by atoms with Crippen molar-refractivity contribution in [3.8, 4) is 0 Å². The molecule has 0 fully saturated rings. The first-order valence-corrected chi connectivity index (χ1v) is 3.80. The van der Waals surface area contributed by atoms with E-state index in [-0.39, 0.29) is 0 Å². The number of Topliss-reactive ketones (excluding diaryl/α,β-unsaturated/α-hetero) is 1. The summed E-state index contributed by atoms with van der Waals surface area (Å²) in [6.07, 6.45) is -1.38. The van der Waals surface area contributed by atoms with E-state index in [4.69, 9.17) is 5.11 Å². The fourth-order valence-electron chi connectivity index (χ4n) is 0.939. The molecule has 0 amide bonds. The van der Waals surface area contributed by atoms with Crippen molar-refractivity contribution in [3.05, 3.63) is 35.1 Å². The lowest BCUT2D eigenvalue weighted by Gasteiger charge is -2.04. The highest BCUT2D eigenvalue weighted by Gasteiger charge is 2.17. The molecule has 2 nitrogen and oxygen atoms in total. The zero-order chi connectivity index (χ0) is 10.9. The maximum atomic E-state index is 12.6. The third-order valence-electron chi connectivity index (χ3n) is 1.65. The molecule has 76 valence electrons. The van der Waals surface area contributed by atoms with Crippen molar-refractivity contribution in [3.63, 3.8) is 0 Å². The number of carbonyl (C=O) groups excluding carboxylic acids is 1. The number of benzene rings is 1. The van der Waals surface area contributed by atoms with Crippen LogP contribution in [0.15, 0.2) is 12.1 Å². The molecule has 0 bridgehead atoms. The molecular formula is C9H7F3O2. The summed E-state index contributed by atoms with van der Waals surface area (Å²) in [4.78, 5) is 11.1. The van der Waals surface area contributed by atoms with Crippen LogP contribution in [-0.4, -0.2) is 17.0 Å². The Balaban J connectivity index is 3.19. The summed E-state index contributed by atoms with van der Waals surface area (Å²) in [6, 6.07) is 1.10. The van der Waals surface area contributed by atoms with Gasteiger partial charge in [-0.2, -0.15) is 0 Å². The van der Waals surface area contributed by atoms with E-state index >= 15 is 0 Å². The van der Waals surface area contributed by atoms with Gasteiger partial charge in [0.05, 0.1) is 0 Å². The maximum absolute atomic E-state index is 12.6. The molecule has 1 aromatic carbocycles. The molecule has 0 saturated heterocycles. The van der Waals surface area contributed by atoms with E-state index in [0.29, 0.717) is 12.1 Å². The van der Waals surface area contributed by atoms with Gasteiger partial charge >= 0.3 is 0 Å². The van der Waals surface area contributed by atoms with Crippen LogP contribution in [0.1, 0.15) is 17.3 Å². The Morgan fingerprint density at radius 3 is 2.07 bits per heavy atom. The zero-order valence-electron chi connectivity index (χ0n) is 7.22. The monoisotopic (exact) mass is 204 g/mol. The lowest BCUT2D eigenvalue weighted by Crippen LogP contribution is -2.16. The van der Waals surface area contributed by atoms with E-state index in [1.54, 1.807) is 0 Å². The van der Waals surface area contributed by atoms with Crippen LogP contribution < -0.4 is 0 Å². The summed E-state index contributed by atoms with van der Waals surface area (Å²) < 4.78 is 37.7. The molecule has 5 heteroatoms. The first-order chi connectivity index (χ1) is 6.43. The van der Waals surface area contributed by atoms with E-state index < -0.39 is 34.9 Å². The number of aliphatic hydroxyl groups is 1. The maximum Gasteiger partial charge on any atom is 0.194 e. The highest BCUT2D eigenvalue weighted by Crippen LogP contribution is 2.14. The summed E-state index contributed by atoms with van der Waals surface area (Å²) in [6.45, 7) is 1.15. The van der Waals surface area contributed by atoms with E-state index in [0.717, 1.165) is 6.92 Å². The topological polar surface area (TPSA) is 37.3 Å². The lowest BCUT2D eigenvalue weighted by molar-refractivity contribution is 0.0778. The van der Waals surface area contributed by atoms with Gasteiger partial charge in [-0.15, -0.1) is 0 Å². The summed E-state index contributed by atoms with van der Waals surface area (Å²) in [5.74, 6) is -5.39. The molecule has 14 heavy (non-hydrogen) atoms. The molecule has 0 heterocycles. The predicted molar refractivity (Wildman–Crippen MR) is 42.3 cm³/mol. The highest BCUT2D eigenvalue weighted by atomic mass is 19.2. The number of halogens is 3. The number of hydrogen-bond acceptors (Lipinski definition) is 2. The molecule has 1 rings (SSSR count). The van der Waals surface area contributed by atoms with Gasteiger partial charge in [0, 0.05) is 5.56 Å². The van der Waals surface area contributed by atoms with Gasteiger partial charge in [0.15, 0.2) is 23.2 Å². The van der Waals surface area contributed by atoms with E-state index in [2.05, 4.69) is 0 Å². The van der Waals surface area contributed by atoms with Gasteiger partial charge in [-0.1, -0.05) is 0 Å². The van der Waals surface area contributed by atoms with E-state index in [9.17, 15) is 18.0 Å². The number of aliphatic hydroxyl groups excluding tert-OH is 1. The summed E-state index contributed by atoms with van der Waals surface area (Å²) >= 11 is 0. The van der Waals surface area contributed by atoms with Crippen molar-refractivity contribution < 1.29 is 23.1 Å². The van der Waals surface area contributed by atoms with Gasteiger partial charge in [-0.3, -0.25) is 4.79 Å². The molecule has 1 atom stereocenters. The zero-order valence-corrected chi connectivity index (χ0v) is 7.22. The van der Waals surface area contributed by atoms with Crippen molar-refractivity contribution in [2.75, 3.05) is 0 Å². The molecular weight excluding hydrogens is 197 g/mol. The molecule has 0 saturated carbocycles. The van der Waals surface area contributed by atoms with Crippen LogP contribution in [0, 0.1) is 17.5 Å². The summed E-state index contributed by atoms with van der Waals surface area (Å²) in [5, 5.41) is 8.84. The molecule has 0 aliphatic carbocycles. The smallest absolute Gasteiger partial charge is 0.194 e. The van der Waals surface area contributed by atoms with E-state index in [1.165, 1.54) is 0 Å². The number of rotatable bonds is 2. The molecule has 0 aliphatic rings. The second-order valence-corrected chi connectivity index (χ2v) is 2.79. The average Bonchev–Trinajstić information content (AvgIpc) is 2.12. The van der Waals surface area contributed by atoms with Gasteiger partial charge < -0.3 is 5.11 Å². The largest absolute Gasteiger partial charge is 0.385 e. The van der Waals surface area contributed by atoms with Crippen molar-refractivity contribution >= 4 is 5.78 Å². The first-order valence-electron chi connectivity index (χ1n) is 3.80. The van der Waals surface area contributed by atoms with Crippen LogP contribution in [0.2, 0.25) is 0 Å². The highest BCUT2D eigenvalue weighted by molar-refractivity contribution is 5.99. The standard InChI is InChI=1S/C9H7F3O2/c1-4(13)9(14)5-2-6(10)8(12)7(11)3-5/h2-4,13H,1H3. The Morgan fingerprint density at radius 2 is 1.71 bits per heavy atom. The Labute approximate surface area is 78.0 Å². The van der Waals surface area contributed by atoms with Gasteiger partial charge in [0.1, 0.15) is 6.10 Å². The second-order valence-electron chi connectivity index (χ2n) is 2.79. The molecule has 0 radical (unpaired) electrons. The normalized spacial score (nSPS) is 12.6. The van der Waals surface area contributed by atoms with Crippen LogP contribution in [0.5, 0.6) is 0 Å². The number of hydrogen-bond donors (Lipinski definition) is 1. The summed E-state index contributed by atoms with van der Waals surface area (Å²) in [7, 11) is 0. The lowest BCUT2D eigenvalue weighted by atomic mass is 10.1. The minimum Gasteiger partial charge on any atom is -0.385 e. The van der Waals surface area contributed by atoms with Crippen molar-refractivity contribution in [2.45, 2.75) is 13.0 Å². The summed E-state index contributed by atoms with van der Waals surface area (Å²) in [5.41, 5.74) is -0.392. The van der Waals surface area contributed by atoms with Crippen LogP contribution in [-0.2, 0) is 0 Å². The van der Waals surface area contributed by atoms with Gasteiger partial charge in [-0.05, 0) is 19.1 Å². The van der Waals surface area contributed by atoms with Crippen molar-refractivity contribution in [1.82, 2.24) is 0 Å². The fraction of sp³-hybridized carbons (Fsp3) is 0.222. The third-order valence-corrected chi connectivity index (χ3v) is 1.65. The Hall–Kier alpha value is -1.36. The predicted octanol–water partition coefficient (Wildman–Crippen LogP) is 1.67. The fourth-order valence-corrected chi connectivity index (χ4v) is 0.939. The SMILES string of the molecule is CC(O)C(=O)c1cc(F)c(F)c(F)c1. The molecule has 0 aliphatic heterocycles. The van der Waals surface area contributed by atoms with Gasteiger partial charge in [0.25, 0.3) is 0 Å². The number of carbonyl (C=O) groups is 1. The van der Waals surface area contributed by atoms with Crippen LogP contribution in [0.4, 0.5) is 13.2 Å². The molecule has 0 spiro atoms. The second kappa shape index (κ2) is 3.79. The molecule has 0 aromatic heterocycles. The Morgan fingerprint density at radius 1 is 1.29 bits per heavy atom. The van der Waals surface area contributed by atoms with Crippen LogP contribution >= 0.6 is 0 Å². The molecule has 1 aromatic rings. The Bertz CT molecular complexity index is 351. The van der Waals surface area contributed by atoms with E-state index in [1.807, 2.05) is 0 Å². The average molecular weight is 204 g/mol. The molecule has 1 N–H and O–H groups in total. The minimum absolute atomic E-state index is 0.392. The van der Waals surface area contributed by atoms with Crippen LogP contribution in [0.3, 0.4) is 0 Å². The van der Waals surface area contributed by atoms with Crippen molar-refractivity contribution in [1.29, 1.82) is 0 Å². The van der Waals surface area contributed by atoms with Gasteiger partial charge in [-0.25, -0.2) is 13.2 Å². The quantitative estimate of drug-likeness (QED) is 0.587. The third kappa shape index (κ3) is 1.93. The van der Waals surface area contributed by atoms with Gasteiger partial charge in [0.2, 0.25) is 0 Å². The first kappa shape index (κ1) is 10.7.